The number of thioether (sulfide) groups is 1. The van der Waals surface area contributed by atoms with Crippen LogP contribution in [-0.2, 0) is 28.6 Å². The fourth-order valence-electron chi connectivity index (χ4n) is 5.80. The maximum atomic E-state index is 14.1. The van der Waals surface area contributed by atoms with Crippen LogP contribution in [0.25, 0.3) is 0 Å². The summed E-state index contributed by atoms with van der Waals surface area (Å²) >= 11 is 1.36. The Kier molecular flexibility index (Phi) is 10.2. The molecule has 2 atom stereocenters. The highest BCUT2D eigenvalue weighted by Gasteiger charge is 2.66. The van der Waals surface area contributed by atoms with E-state index < -0.39 is 35.0 Å². The number of phenolic OH excluding ortho intramolecular Hbond substituents is 1. The topological polar surface area (TPSA) is 115 Å². The number of amides is 1. The Labute approximate surface area is 279 Å². The van der Waals surface area contributed by atoms with Crippen LogP contribution in [0.2, 0.25) is 0 Å². The van der Waals surface area contributed by atoms with Gasteiger partial charge in [-0.2, -0.15) is 0 Å². The fraction of sp³-hybridized carbons (Fsp3) is 0.351. The molecule has 9 nitrogen and oxygen atoms in total. The molecule has 1 fully saturated rings. The lowest BCUT2D eigenvalue weighted by Gasteiger charge is -2.54. The lowest BCUT2D eigenvalue weighted by atomic mass is 9.91. The zero-order valence-corrected chi connectivity index (χ0v) is 28.2. The highest BCUT2D eigenvalue weighted by molar-refractivity contribution is 8.00. The molecular weight excluding hydrogens is 616 g/mol. The van der Waals surface area contributed by atoms with Crippen LogP contribution in [0.15, 0.2) is 89.1 Å². The second-order valence-electron chi connectivity index (χ2n) is 12.2. The van der Waals surface area contributed by atoms with Crippen molar-refractivity contribution < 1.29 is 33.7 Å². The lowest BCUT2D eigenvalue weighted by molar-refractivity contribution is -0.183. The van der Waals surface area contributed by atoms with Crippen molar-refractivity contribution >= 4 is 35.8 Å². The molecule has 1 saturated heterocycles. The molecule has 0 spiro atoms. The number of β-lactam (4-membered cyclic amide) rings is 1. The van der Waals surface area contributed by atoms with Gasteiger partial charge < -0.3 is 19.3 Å². The van der Waals surface area contributed by atoms with Crippen LogP contribution in [0.5, 0.6) is 5.75 Å². The summed E-state index contributed by atoms with van der Waals surface area (Å²) in [6, 6.07) is 22.4. The molecule has 2 aliphatic rings. The van der Waals surface area contributed by atoms with E-state index in [0.29, 0.717) is 5.57 Å². The first-order valence-electron chi connectivity index (χ1n) is 15.6. The van der Waals surface area contributed by atoms with Gasteiger partial charge >= 0.3 is 11.9 Å². The maximum absolute atomic E-state index is 14.1. The van der Waals surface area contributed by atoms with E-state index in [1.54, 1.807) is 6.21 Å². The Morgan fingerprint density at radius 3 is 2.04 bits per heavy atom. The number of nitrogens with zero attached hydrogens (tertiary/aromatic N) is 2. The van der Waals surface area contributed by atoms with Gasteiger partial charge in [0.15, 0.2) is 6.10 Å². The third-order valence-corrected chi connectivity index (χ3v) is 9.67. The summed E-state index contributed by atoms with van der Waals surface area (Å²) < 4.78 is 17.3. The maximum Gasteiger partial charge on any atom is 0.356 e. The minimum atomic E-state index is -1.60. The van der Waals surface area contributed by atoms with Crippen molar-refractivity contribution in [3.8, 4) is 5.75 Å². The number of hydrogen-bond donors (Lipinski definition) is 1. The van der Waals surface area contributed by atoms with Gasteiger partial charge in [-0.05, 0) is 51.8 Å². The number of benzene rings is 3. The predicted molar refractivity (Wildman–Crippen MR) is 181 cm³/mol. The van der Waals surface area contributed by atoms with E-state index in [9.17, 15) is 19.5 Å². The van der Waals surface area contributed by atoms with Crippen LogP contribution < -0.4 is 0 Å². The number of rotatable bonds is 11. The van der Waals surface area contributed by atoms with E-state index in [1.807, 2.05) is 100 Å². The molecule has 47 heavy (non-hydrogen) atoms. The molecule has 0 saturated carbocycles. The van der Waals surface area contributed by atoms with E-state index in [2.05, 4.69) is 0 Å². The first kappa shape index (κ1) is 33.9. The van der Waals surface area contributed by atoms with Crippen molar-refractivity contribution in [1.29, 1.82) is 0 Å². The molecule has 3 aromatic rings. The third-order valence-electron chi connectivity index (χ3n) is 8.31. The van der Waals surface area contributed by atoms with Gasteiger partial charge in [0.05, 0.1) is 0 Å². The molecule has 246 valence electrons. The third kappa shape index (κ3) is 6.71. The van der Waals surface area contributed by atoms with Crippen molar-refractivity contribution in [2.75, 3.05) is 19.5 Å². The zero-order valence-electron chi connectivity index (χ0n) is 27.4. The van der Waals surface area contributed by atoms with Gasteiger partial charge in [-0.25, -0.2) is 9.79 Å². The second-order valence-corrected chi connectivity index (χ2v) is 13.3. The van der Waals surface area contributed by atoms with Crippen LogP contribution in [0.4, 0.5) is 0 Å². The predicted octanol–water partition coefficient (Wildman–Crippen LogP) is 6.47. The highest BCUT2D eigenvalue weighted by atomic mass is 32.2. The number of carbonyl (C=O) groups excluding carboxylic acids is 3. The average Bonchev–Trinajstić information content (AvgIpc) is 3.07. The molecule has 3 aromatic carbocycles. The van der Waals surface area contributed by atoms with Gasteiger partial charge in [-0.15, -0.1) is 11.8 Å². The number of hydrogen-bond acceptors (Lipinski definition) is 9. The summed E-state index contributed by atoms with van der Waals surface area (Å²) in [6.45, 7) is 9.13. The summed E-state index contributed by atoms with van der Waals surface area (Å²) in [6.07, 6.45) is 0.842. The summed E-state index contributed by atoms with van der Waals surface area (Å²) in [5, 5.41) is 10.2. The monoisotopic (exact) mass is 656 g/mol. The fourth-order valence-corrected chi connectivity index (χ4v) is 7.21. The SMILES string of the molecule is CO[C@@]1(/N=C/c2cc(C(C)C)c(O)c(C(C)C)c2)C(=O)N2C(C(=O)OC(c3ccccc3)c3ccccc3)=C(COC(C)=O)CS[C@@H]21. The van der Waals surface area contributed by atoms with Gasteiger partial charge in [-0.3, -0.25) is 14.5 Å². The number of aliphatic imine (C=N–C) groups is 1. The number of ether oxygens (including phenoxy) is 3. The van der Waals surface area contributed by atoms with E-state index in [1.165, 1.54) is 30.7 Å². The number of aromatic hydroxyl groups is 1. The molecule has 0 unspecified atom stereocenters. The van der Waals surface area contributed by atoms with Crippen molar-refractivity contribution in [1.82, 2.24) is 4.90 Å². The molecule has 0 aliphatic carbocycles. The molecule has 5 rings (SSSR count). The zero-order chi connectivity index (χ0) is 33.9. The van der Waals surface area contributed by atoms with Crippen molar-refractivity contribution in [2.24, 2.45) is 4.99 Å². The molecule has 1 amide bonds. The number of esters is 2. The summed E-state index contributed by atoms with van der Waals surface area (Å²) in [4.78, 5) is 46.0. The van der Waals surface area contributed by atoms with Crippen LogP contribution in [-0.4, -0.2) is 64.6 Å². The molecule has 1 N–H and O–H groups in total. The van der Waals surface area contributed by atoms with E-state index in [0.717, 1.165) is 27.8 Å². The Balaban J connectivity index is 1.50. The van der Waals surface area contributed by atoms with Gasteiger partial charge in [0, 0.05) is 31.6 Å². The number of carbonyl (C=O) groups is 3. The van der Waals surface area contributed by atoms with E-state index in [4.69, 9.17) is 19.2 Å². The van der Waals surface area contributed by atoms with Crippen LogP contribution >= 0.6 is 11.8 Å². The number of phenols is 1. The standard InChI is InChI=1S/C37H40N2O7S/c1-22(2)29-17-25(18-30(23(3)4)32(29)41)19-38-37(44-6)35(43)39-31(28(20-45-24(5)40)21-47-36(37)39)34(42)46-33(26-13-9-7-10-14-26)27-15-11-8-12-16-27/h7-19,22-23,33,36,41H,20-21H2,1-6H3/b38-19+/t36-,37+/m1/s1. The number of methoxy groups -OCH3 is 1. The normalized spacial score (nSPS) is 19.4. The van der Waals surface area contributed by atoms with Gasteiger partial charge in [-0.1, -0.05) is 88.4 Å². The molecular formula is C37H40N2O7S. The molecule has 10 heteroatoms. The average molecular weight is 657 g/mol. The van der Waals surface area contributed by atoms with Crippen LogP contribution in [0, 0.1) is 0 Å². The van der Waals surface area contributed by atoms with E-state index >= 15 is 0 Å². The molecule has 0 bridgehead atoms. The van der Waals surface area contributed by atoms with Gasteiger partial charge in [0.25, 0.3) is 11.6 Å². The largest absolute Gasteiger partial charge is 0.507 e. The van der Waals surface area contributed by atoms with Crippen molar-refractivity contribution in [3.63, 3.8) is 0 Å². The Morgan fingerprint density at radius 2 is 1.55 bits per heavy atom. The minimum Gasteiger partial charge on any atom is -0.507 e. The Hall–Kier alpha value is -4.41. The van der Waals surface area contributed by atoms with E-state index in [-0.39, 0.29) is 35.6 Å². The van der Waals surface area contributed by atoms with Gasteiger partial charge in [0.1, 0.15) is 23.4 Å². The number of fused-ring (bicyclic) bond motifs is 1. The molecule has 2 aliphatic heterocycles. The molecule has 0 aromatic heterocycles. The first-order chi connectivity index (χ1) is 22.5. The lowest BCUT2D eigenvalue weighted by Crippen LogP contribution is -2.73. The second kappa shape index (κ2) is 14.1. The highest BCUT2D eigenvalue weighted by Crippen LogP contribution is 2.49. The Morgan fingerprint density at radius 1 is 1.00 bits per heavy atom. The molecule has 2 heterocycles. The summed E-state index contributed by atoms with van der Waals surface area (Å²) in [5.41, 5.74) is 2.69. The minimum absolute atomic E-state index is 0.0218. The summed E-state index contributed by atoms with van der Waals surface area (Å²) in [7, 11) is 1.42. The molecule has 0 radical (unpaired) electrons. The van der Waals surface area contributed by atoms with Crippen molar-refractivity contribution in [2.45, 2.75) is 63.7 Å². The van der Waals surface area contributed by atoms with Gasteiger partial charge in [0.2, 0.25) is 0 Å². The van der Waals surface area contributed by atoms with Crippen LogP contribution in [0.1, 0.15) is 80.4 Å². The quantitative estimate of drug-likeness (QED) is 0.142. The Bertz CT molecular complexity index is 1640. The van der Waals surface area contributed by atoms with Crippen LogP contribution in [0.3, 0.4) is 0 Å². The van der Waals surface area contributed by atoms with Crippen molar-refractivity contribution in [3.05, 3.63) is 112 Å². The smallest absolute Gasteiger partial charge is 0.356 e. The summed E-state index contributed by atoms with van der Waals surface area (Å²) in [5.74, 6) is -1.09. The first-order valence-corrected chi connectivity index (χ1v) is 16.6.